The number of nitrogens with zero attached hydrogens (tertiary/aromatic N) is 3. The molecule has 0 atom stereocenters. The van der Waals surface area contributed by atoms with Crippen LogP contribution in [0, 0.1) is 6.92 Å². The van der Waals surface area contributed by atoms with E-state index in [-0.39, 0.29) is 0 Å². The summed E-state index contributed by atoms with van der Waals surface area (Å²) in [4.78, 5) is 10.2. The van der Waals surface area contributed by atoms with Gasteiger partial charge < -0.3 is 14.9 Å². The van der Waals surface area contributed by atoms with Gasteiger partial charge in [0.1, 0.15) is 0 Å². The van der Waals surface area contributed by atoms with Gasteiger partial charge in [-0.15, -0.1) is 0 Å². The number of piperazine rings is 1. The number of likely N-dealkylation sites (N-methyl/N-ethyl adjacent to an activating group) is 1. The van der Waals surface area contributed by atoms with Crippen LogP contribution >= 0.6 is 11.3 Å². The summed E-state index contributed by atoms with van der Waals surface area (Å²) in [5, 5.41) is 11.1. The summed E-state index contributed by atoms with van der Waals surface area (Å²) in [7, 11) is 2.15. The highest BCUT2D eigenvalue weighted by molar-refractivity contribution is 7.15. The summed E-state index contributed by atoms with van der Waals surface area (Å²) >= 11 is 1.62. The molecule has 0 spiro atoms. The Balaban J connectivity index is 2.18. The zero-order valence-corrected chi connectivity index (χ0v) is 11.8. The van der Waals surface area contributed by atoms with Crippen LogP contribution in [0.15, 0.2) is 0 Å². The number of rotatable bonds is 2. The van der Waals surface area contributed by atoms with Gasteiger partial charge in [0, 0.05) is 26.2 Å². The average Bonchev–Trinajstić information content (AvgIpc) is 2.61. The smallest absolute Gasteiger partial charge is 0.185 e. The second-order valence-corrected chi connectivity index (χ2v) is 6.24. The van der Waals surface area contributed by atoms with Crippen LogP contribution in [0.5, 0.6) is 0 Å². The van der Waals surface area contributed by atoms with E-state index in [1.54, 1.807) is 11.3 Å². The Hall–Kier alpha value is -0.650. The van der Waals surface area contributed by atoms with Crippen molar-refractivity contribution in [1.29, 1.82) is 0 Å². The molecule has 1 aliphatic rings. The molecule has 0 saturated carbocycles. The van der Waals surface area contributed by atoms with Gasteiger partial charge in [0.15, 0.2) is 5.13 Å². The molecule has 1 aromatic rings. The van der Waals surface area contributed by atoms with E-state index in [9.17, 15) is 5.11 Å². The maximum atomic E-state index is 10.1. The molecule has 4 nitrogen and oxygen atoms in total. The zero-order chi connectivity index (χ0) is 12.6. The average molecular weight is 255 g/mol. The highest BCUT2D eigenvalue weighted by atomic mass is 32.1. The van der Waals surface area contributed by atoms with Gasteiger partial charge in [0.25, 0.3) is 0 Å². The SMILES string of the molecule is Cc1nc(N2CCN(C)CC2)sc1C(C)(C)O. The molecule has 0 aliphatic carbocycles. The lowest BCUT2D eigenvalue weighted by atomic mass is 10.1. The third-order valence-corrected chi connectivity index (χ3v) is 4.65. The Morgan fingerprint density at radius 3 is 2.29 bits per heavy atom. The lowest BCUT2D eigenvalue weighted by Crippen LogP contribution is -2.44. The van der Waals surface area contributed by atoms with Crippen molar-refractivity contribution in [1.82, 2.24) is 9.88 Å². The molecule has 1 aromatic heterocycles. The first-order valence-electron chi connectivity index (χ1n) is 6.01. The van der Waals surface area contributed by atoms with Crippen LogP contribution in [0.2, 0.25) is 0 Å². The molecule has 0 aromatic carbocycles. The highest BCUT2D eigenvalue weighted by Crippen LogP contribution is 2.34. The summed E-state index contributed by atoms with van der Waals surface area (Å²) in [6.07, 6.45) is 0. The number of aliphatic hydroxyl groups is 1. The van der Waals surface area contributed by atoms with Crippen LogP contribution in [0.1, 0.15) is 24.4 Å². The van der Waals surface area contributed by atoms with E-state index in [0.717, 1.165) is 41.9 Å². The van der Waals surface area contributed by atoms with Gasteiger partial charge in [-0.05, 0) is 27.8 Å². The van der Waals surface area contributed by atoms with Crippen molar-refractivity contribution in [2.75, 3.05) is 38.1 Å². The Bertz CT molecular complexity index is 389. The molecule has 5 heteroatoms. The number of aryl methyl sites for hydroxylation is 1. The summed E-state index contributed by atoms with van der Waals surface area (Å²) in [5.74, 6) is 0. The molecule has 1 fully saturated rings. The second kappa shape index (κ2) is 4.55. The molecular weight excluding hydrogens is 234 g/mol. The van der Waals surface area contributed by atoms with E-state index in [0.29, 0.717) is 0 Å². The van der Waals surface area contributed by atoms with Crippen molar-refractivity contribution in [2.24, 2.45) is 0 Å². The molecule has 0 bridgehead atoms. The lowest BCUT2D eigenvalue weighted by molar-refractivity contribution is 0.0817. The van der Waals surface area contributed by atoms with Crippen molar-refractivity contribution in [2.45, 2.75) is 26.4 Å². The molecule has 1 saturated heterocycles. The van der Waals surface area contributed by atoms with Crippen molar-refractivity contribution in [3.8, 4) is 0 Å². The minimum absolute atomic E-state index is 0.785. The Morgan fingerprint density at radius 1 is 1.24 bits per heavy atom. The predicted octanol–water partition coefficient (Wildman–Crippen LogP) is 1.43. The molecule has 17 heavy (non-hydrogen) atoms. The van der Waals surface area contributed by atoms with E-state index >= 15 is 0 Å². The monoisotopic (exact) mass is 255 g/mol. The van der Waals surface area contributed by atoms with Crippen LogP contribution in [0.3, 0.4) is 0 Å². The number of aromatic nitrogens is 1. The fraction of sp³-hybridized carbons (Fsp3) is 0.750. The van der Waals surface area contributed by atoms with Crippen molar-refractivity contribution >= 4 is 16.5 Å². The van der Waals surface area contributed by atoms with Gasteiger partial charge in [0.05, 0.1) is 16.2 Å². The summed E-state index contributed by atoms with van der Waals surface area (Å²) in [6, 6.07) is 0. The predicted molar refractivity (Wildman–Crippen MR) is 71.8 cm³/mol. The van der Waals surface area contributed by atoms with E-state index < -0.39 is 5.60 Å². The minimum Gasteiger partial charge on any atom is -0.385 e. The second-order valence-electron chi connectivity index (χ2n) is 5.26. The number of hydrogen-bond donors (Lipinski definition) is 1. The maximum absolute atomic E-state index is 10.1. The highest BCUT2D eigenvalue weighted by Gasteiger charge is 2.25. The molecule has 0 unspecified atom stereocenters. The molecule has 2 rings (SSSR count). The zero-order valence-electron chi connectivity index (χ0n) is 11.0. The van der Waals surface area contributed by atoms with Gasteiger partial charge in [-0.3, -0.25) is 0 Å². The van der Waals surface area contributed by atoms with Crippen molar-refractivity contribution < 1.29 is 5.11 Å². The first-order valence-corrected chi connectivity index (χ1v) is 6.83. The Kier molecular flexibility index (Phi) is 3.43. The molecule has 2 heterocycles. The Labute approximate surface area is 107 Å². The van der Waals surface area contributed by atoms with Crippen LogP contribution < -0.4 is 4.90 Å². The third-order valence-electron chi connectivity index (χ3n) is 3.11. The minimum atomic E-state index is -0.785. The van der Waals surface area contributed by atoms with Gasteiger partial charge >= 0.3 is 0 Å². The van der Waals surface area contributed by atoms with Gasteiger partial charge in [-0.25, -0.2) is 4.98 Å². The third kappa shape index (κ3) is 2.78. The first kappa shape index (κ1) is 12.8. The van der Waals surface area contributed by atoms with Crippen LogP contribution in [0.25, 0.3) is 0 Å². The first-order chi connectivity index (χ1) is 7.88. The van der Waals surface area contributed by atoms with Crippen molar-refractivity contribution in [3.05, 3.63) is 10.6 Å². The number of anilines is 1. The molecule has 1 aliphatic heterocycles. The van der Waals surface area contributed by atoms with E-state index in [4.69, 9.17) is 0 Å². The number of thiazole rings is 1. The van der Waals surface area contributed by atoms with Crippen molar-refractivity contribution in [3.63, 3.8) is 0 Å². The van der Waals surface area contributed by atoms with E-state index in [1.165, 1.54) is 0 Å². The van der Waals surface area contributed by atoms with Crippen LogP contribution in [0.4, 0.5) is 5.13 Å². The summed E-state index contributed by atoms with van der Waals surface area (Å²) in [5.41, 5.74) is 0.170. The quantitative estimate of drug-likeness (QED) is 0.868. The largest absolute Gasteiger partial charge is 0.385 e. The van der Waals surface area contributed by atoms with Gasteiger partial charge in [-0.2, -0.15) is 0 Å². The van der Waals surface area contributed by atoms with E-state index in [1.807, 2.05) is 20.8 Å². The lowest BCUT2D eigenvalue weighted by Gasteiger charge is -2.32. The van der Waals surface area contributed by atoms with Gasteiger partial charge in [-0.1, -0.05) is 11.3 Å². The fourth-order valence-electron chi connectivity index (χ4n) is 2.08. The van der Waals surface area contributed by atoms with Gasteiger partial charge in [0.2, 0.25) is 0 Å². The normalized spacial score (nSPS) is 18.8. The maximum Gasteiger partial charge on any atom is 0.185 e. The van der Waals surface area contributed by atoms with E-state index in [2.05, 4.69) is 21.8 Å². The summed E-state index contributed by atoms with van der Waals surface area (Å²) < 4.78 is 0. The fourth-order valence-corrected chi connectivity index (χ4v) is 3.20. The summed E-state index contributed by atoms with van der Waals surface area (Å²) in [6.45, 7) is 9.82. The molecule has 96 valence electrons. The Morgan fingerprint density at radius 2 is 1.82 bits per heavy atom. The standard InChI is InChI=1S/C12H21N3OS/c1-9-10(12(2,3)16)17-11(13-9)15-7-5-14(4)6-8-15/h16H,5-8H2,1-4H3. The molecular formula is C12H21N3OS. The number of hydrogen-bond acceptors (Lipinski definition) is 5. The molecule has 0 radical (unpaired) electrons. The van der Waals surface area contributed by atoms with Crippen LogP contribution in [-0.2, 0) is 5.60 Å². The molecule has 1 N–H and O–H groups in total. The topological polar surface area (TPSA) is 39.6 Å². The molecule has 0 amide bonds. The van der Waals surface area contributed by atoms with Crippen LogP contribution in [-0.4, -0.2) is 48.2 Å².